The number of anilines is 2. The van der Waals surface area contributed by atoms with Gasteiger partial charge in [-0.2, -0.15) is 0 Å². The second-order valence-electron chi connectivity index (χ2n) is 6.87. The first-order chi connectivity index (χ1) is 12.2. The van der Waals surface area contributed by atoms with Crippen LogP contribution in [0.4, 0.5) is 11.6 Å². The maximum absolute atomic E-state index is 5.44. The molecular weight excluding hydrogens is 316 g/mol. The highest BCUT2D eigenvalue weighted by atomic mass is 16.7. The SMILES string of the molecule is Cc1nc(NCc2ccc3c(c2)OCO3)cc(N2CCC(C)CC2)n1. The van der Waals surface area contributed by atoms with Crippen molar-refractivity contribution in [2.75, 3.05) is 30.1 Å². The number of nitrogens with one attached hydrogen (secondary N) is 1. The van der Waals surface area contributed by atoms with Gasteiger partial charge in [-0.1, -0.05) is 13.0 Å². The Balaban J connectivity index is 1.45. The summed E-state index contributed by atoms with van der Waals surface area (Å²) in [6.45, 7) is 7.39. The van der Waals surface area contributed by atoms with E-state index in [4.69, 9.17) is 9.47 Å². The minimum absolute atomic E-state index is 0.301. The van der Waals surface area contributed by atoms with Gasteiger partial charge < -0.3 is 19.7 Å². The van der Waals surface area contributed by atoms with Gasteiger partial charge in [-0.25, -0.2) is 9.97 Å². The highest BCUT2D eigenvalue weighted by molar-refractivity contribution is 5.51. The summed E-state index contributed by atoms with van der Waals surface area (Å²) in [4.78, 5) is 11.5. The van der Waals surface area contributed by atoms with Gasteiger partial charge in [-0.3, -0.25) is 0 Å². The molecule has 6 heteroatoms. The third-order valence-corrected chi connectivity index (χ3v) is 4.84. The zero-order valence-corrected chi connectivity index (χ0v) is 14.8. The standard InChI is InChI=1S/C19H24N4O2/c1-13-5-7-23(8-6-13)19-10-18(21-14(2)22-19)20-11-15-3-4-16-17(9-15)25-12-24-16/h3-4,9-10,13H,5-8,11-12H2,1-2H3,(H,20,21,22). The first-order valence-corrected chi connectivity index (χ1v) is 8.90. The van der Waals surface area contributed by atoms with Gasteiger partial charge in [-0.15, -0.1) is 0 Å². The third kappa shape index (κ3) is 3.62. The average Bonchev–Trinajstić information content (AvgIpc) is 3.08. The third-order valence-electron chi connectivity index (χ3n) is 4.84. The summed E-state index contributed by atoms with van der Waals surface area (Å²) in [5, 5.41) is 3.41. The molecule has 1 aromatic carbocycles. The van der Waals surface area contributed by atoms with Crippen LogP contribution in [-0.2, 0) is 6.54 Å². The second-order valence-corrected chi connectivity index (χ2v) is 6.87. The van der Waals surface area contributed by atoms with Gasteiger partial charge in [0.25, 0.3) is 0 Å². The van der Waals surface area contributed by atoms with Crippen molar-refractivity contribution in [3.05, 3.63) is 35.7 Å². The van der Waals surface area contributed by atoms with Gasteiger partial charge in [0.05, 0.1) is 0 Å². The monoisotopic (exact) mass is 340 g/mol. The number of aryl methyl sites for hydroxylation is 1. The molecule has 1 fully saturated rings. The Bertz CT molecular complexity index is 757. The minimum atomic E-state index is 0.301. The molecule has 1 saturated heterocycles. The topological polar surface area (TPSA) is 59.5 Å². The maximum atomic E-state index is 5.44. The first-order valence-electron chi connectivity index (χ1n) is 8.90. The van der Waals surface area contributed by atoms with E-state index in [-0.39, 0.29) is 0 Å². The predicted molar refractivity (Wildman–Crippen MR) is 97.3 cm³/mol. The highest BCUT2D eigenvalue weighted by Gasteiger charge is 2.18. The molecule has 6 nitrogen and oxygen atoms in total. The van der Waals surface area contributed by atoms with Crippen LogP contribution in [0.5, 0.6) is 11.5 Å². The molecule has 4 rings (SSSR count). The predicted octanol–water partition coefficient (Wildman–Crippen LogP) is 3.36. The summed E-state index contributed by atoms with van der Waals surface area (Å²) in [7, 11) is 0. The minimum Gasteiger partial charge on any atom is -0.454 e. The lowest BCUT2D eigenvalue weighted by Gasteiger charge is -2.31. The quantitative estimate of drug-likeness (QED) is 0.921. The van der Waals surface area contributed by atoms with Crippen molar-refractivity contribution in [1.29, 1.82) is 0 Å². The molecular formula is C19H24N4O2. The molecule has 2 aliphatic heterocycles. The number of fused-ring (bicyclic) bond motifs is 1. The van der Waals surface area contributed by atoms with Gasteiger partial charge in [0.2, 0.25) is 6.79 Å². The fraction of sp³-hybridized carbons (Fsp3) is 0.474. The summed E-state index contributed by atoms with van der Waals surface area (Å²) in [5.41, 5.74) is 1.13. The molecule has 0 unspecified atom stereocenters. The number of piperidine rings is 1. The first kappa shape index (κ1) is 16.0. The van der Waals surface area contributed by atoms with Crippen molar-refractivity contribution in [3.8, 4) is 11.5 Å². The van der Waals surface area contributed by atoms with Gasteiger partial charge in [0.15, 0.2) is 11.5 Å². The molecule has 132 valence electrons. The molecule has 0 aliphatic carbocycles. The molecule has 1 N–H and O–H groups in total. The van der Waals surface area contributed by atoms with E-state index in [1.54, 1.807) is 0 Å². The van der Waals surface area contributed by atoms with E-state index in [0.29, 0.717) is 13.3 Å². The number of rotatable bonds is 4. The zero-order valence-electron chi connectivity index (χ0n) is 14.8. The van der Waals surface area contributed by atoms with Gasteiger partial charge in [0, 0.05) is 25.7 Å². The molecule has 2 aromatic rings. The number of ether oxygens (including phenoxy) is 2. The zero-order chi connectivity index (χ0) is 17.2. The number of hydrogen-bond acceptors (Lipinski definition) is 6. The molecule has 3 heterocycles. The van der Waals surface area contributed by atoms with Crippen molar-refractivity contribution < 1.29 is 9.47 Å². The van der Waals surface area contributed by atoms with E-state index in [1.807, 2.05) is 25.1 Å². The summed E-state index contributed by atoms with van der Waals surface area (Å²) < 4.78 is 10.8. The molecule has 2 aliphatic rings. The Morgan fingerprint density at radius 3 is 2.76 bits per heavy atom. The second kappa shape index (κ2) is 6.78. The van der Waals surface area contributed by atoms with E-state index < -0.39 is 0 Å². The Morgan fingerprint density at radius 1 is 1.12 bits per heavy atom. The van der Waals surface area contributed by atoms with Crippen molar-refractivity contribution in [3.63, 3.8) is 0 Å². The number of nitrogens with zero attached hydrogens (tertiary/aromatic N) is 3. The Morgan fingerprint density at radius 2 is 1.92 bits per heavy atom. The summed E-state index contributed by atoms with van der Waals surface area (Å²) in [5.74, 6) is 5.10. The molecule has 0 spiro atoms. The molecule has 0 atom stereocenters. The number of benzene rings is 1. The van der Waals surface area contributed by atoms with Crippen LogP contribution in [0.15, 0.2) is 24.3 Å². The molecule has 0 radical (unpaired) electrons. The molecule has 25 heavy (non-hydrogen) atoms. The van der Waals surface area contributed by atoms with Crippen LogP contribution >= 0.6 is 0 Å². The molecule has 1 aromatic heterocycles. The van der Waals surface area contributed by atoms with Crippen LogP contribution in [0, 0.1) is 12.8 Å². The number of hydrogen-bond donors (Lipinski definition) is 1. The lowest BCUT2D eigenvalue weighted by atomic mass is 9.99. The van der Waals surface area contributed by atoms with Crippen LogP contribution in [0.1, 0.15) is 31.2 Å². The van der Waals surface area contributed by atoms with Gasteiger partial charge >= 0.3 is 0 Å². The van der Waals surface area contributed by atoms with Gasteiger partial charge in [0.1, 0.15) is 17.5 Å². The van der Waals surface area contributed by atoms with Crippen LogP contribution < -0.4 is 19.7 Å². The summed E-state index contributed by atoms with van der Waals surface area (Å²) >= 11 is 0. The van der Waals surface area contributed by atoms with E-state index in [1.165, 1.54) is 12.8 Å². The Labute approximate surface area is 148 Å². The van der Waals surface area contributed by atoms with E-state index >= 15 is 0 Å². The van der Waals surface area contributed by atoms with Crippen molar-refractivity contribution in [2.45, 2.75) is 33.2 Å². The fourth-order valence-corrected chi connectivity index (χ4v) is 3.29. The van der Waals surface area contributed by atoms with E-state index in [2.05, 4.69) is 33.2 Å². The van der Waals surface area contributed by atoms with Crippen LogP contribution in [-0.4, -0.2) is 29.9 Å². The smallest absolute Gasteiger partial charge is 0.231 e. The van der Waals surface area contributed by atoms with Crippen molar-refractivity contribution >= 4 is 11.6 Å². The Hall–Kier alpha value is -2.50. The average molecular weight is 340 g/mol. The molecule has 0 saturated carbocycles. The van der Waals surface area contributed by atoms with Crippen LogP contribution in [0.3, 0.4) is 0 Å². The van der Waals surface area contributed by atoms with Crippen molar-refractivity contribution in [2.24, 2.45) is 5.92 Å². The highest BCUT2D eigenvalue weighted by Crippen LogP contribution is 2.32. The maximum Gasteiger partial charge on any atom is 0.231 e. The summed E-state index contributed by atoms with van der Waals surface area (Å²) in [6.07, 6.45) is 2.45. The van der Waals surface area contributed by atoms with Crippen molar-refractivity contribution in [1.82, 2.24) is 9.97 Å². The van der Waals surface area contributed by atoms with E-state index in [0.717, 1.165) is 53.5 Å². The summed E-state index contributed by atoms with van der Waals surface area (Å²) in [6, 6.07) is 8.05. The largest absolute Gasteiger partial charge is 0.454 e. The van der Waals surface area contributed by atoms with Crippen LogP contribution in [0.2, 0.25) is 0 Å². The number of aromatic nitrogens is 2. The van der Waals surface area contributed by atoms with E-state index in [9.17, 15) is 0 Å². The lowest BCUT2D eigenvalue weighted by Crippen LogP contribution is -2.33. The molecule has 0 bridgehead atoms. The lowest BCUT2D eigenvalue weighted by molar-refractivity contribution is 0.174. The fourth-order valence-electron chi connectivity index (χ4n) is 3.29. The van der Waals surface area contributed by atoms with Crippen LogP contribution in [0.25, 0.3) is 0 Å². The Kier molecular flexibility index (Phi) is 4.34. The normalized spacial score (nSPS) is 17.0. The molecule has 0 amide bonds. The van der Waals surface area contributed by atoms with Gasteiger partial charge in [-0.05, 0) is 43.4 Å².